The van der Waals surface area contributed by atoms with Crippen molar-refractivity contribution in [2.45, 2.75) is 0 Å². The molecule has 1 aromatic carbocycles. The van der Waals surface area contributed by atoms with Crippen LogP contribution in [0.4, 0.5) is 17.2 Å². The molecule has 0 unspecified atom stereocenters. The average Bonchev–Trinajstić information content (AvgIpc) is 2.50. The highest BCUT2D eigenvalue weighted by Gasteiger charge is 2.12. The summed E-state index contributed by atoms with van der Waals surface area (Å²) in [5, 5.41) is 12.1. The minimum absolute atomic E-state index is 0.214. The Kier molecular flexibility index (Phi) is 4.40. The molecule has 0 atom stereocenters. The Labute approximate surface area is 129 Å². The third kappa shape index (κ3) is 3.30. The maximum Gasteiger partial charge on any atom is 0.340 e. The number of carbonyl (C=O) groups is 1. The number of anilines is 3. The fourth-order valence-corrected chi connectivity index (χ4v) is 2.04. The van der Waals surface area contributed by atoms with Gasteiger partial charge < -0.3 is 15.8 Å². The number of nitriles is 1. The van der Waals surface area contributed by atoms with Gasteiger partial charge in [0.05, 0.1) is 35.8 Å². The number of esters is 1. The molecular formula is C14H11BrN4O2. The largest absolute Gasteiger partial charge is 0.465 e. The highest BCUT2D eigenvalue weighted by molar-refractivity contribution is 9.10. The predicted molar refractivity (Wildman–Crippen MR) is 82.1 cm³/mol. The maximum absolute atomic E-state index is 11.6. The molecule has 3 N–H and O–H groups in total. The van der Waals surface area contributed by atoms with Crippen LogP contribution in [0.1, 0.15) is 15.9 Å². The Hall–Kier alpha value is -2.59. The van der Waals surface area contributed by atoms with E-state index < -0.39 is 5.97 Å². The minimum atomic E-state index is -0.547. The van der Waals surface area contributed by atoms with E-state index in [1.807, 2.05) is 0 Å². The fourth-order valence-electron chi connectivity index (χ4n) is 1.68. The number of pyridine rings is 1. The fraction of sp³-hybridized carbons (Fsp3) is 0.0714. The molecule has 1 aromatic heterocycles. The normalized spacial score (nSPS) is 9.76. The van der Waals surface area contributed by atoms with E-state index in [0.29, 0.717) is 17.1 Å². The second-order valence-electron chi connectivity index (χ2n) is 4.08. The molecular weight excluding hydrogens is 336 g/mol. The summed E-state index contributed by atoms with van der Waals surface area (Å²) in [7, 11) is 1.28. The van der Waals surface area contributed by atoms with E-state index in [1.54, 1.807) is 18.2 Å². The lowest BCUT2D eigenvalue weighted by Gasteiger charge is -2.10. The van der Waals surface area contributed by atoms with Crippen LogP contribution in [0, 0.1) is 11.3 Å². The number of ether oxygens (including phenoxy) is 1. The standard InChI is InChI=1S/C14H11BrN4O2/c1-21-14(20)10-5-13(18-7-11(10)17)19-12-3-2-9(15)4-8(12)6-16/h2-5,7H,17H2,1H3,(H,18,19). The summed E-state index contributed by atoms with van der Waals surface area (Å²) in [5.74, 6) is -0.155. The van der Waals surface area contributed by atoms with E-state index in [-0.39, 0.29) is 11.3 Å². The smallest absolute Gasteiger partial charge is 0.340 e. The van der Waals surface area contributed by atoms with Gasteiger partial charge in [0.15, 0.2) is 0 Å². The van der Waals surface area contributed by atoms with E-state index in [0.717, 1.165) is 4.47 Å². The molecule has 0 fully saturated rings. The molecule has 6 nitrogen and oxygen atoms in total. The molecule has 0 aliphatic carbocycles. The van der Waals surface area contributed by atoms with Gasteiger partial charge in [0.25, 0.3) is 0 Å². The molecule has 2 aromatic rings. The van der Waals surface area contributed by atoms with Crippen molar-refractivity contribution in [3.05, 3.63) is 46.1 Å². The second kappa shape index (κ2) is 6.24. The number of nitrogens with zero attached hydrogens (tertiary/aromatic N) is 2. The number of nitrogen functional groups attached to an aromatic ring is 1. The molecule has 0 aliphatic rings. The zero-order valence-corrected chi connectivity index (χ0v) is 12.6. The van der Waals surface area contributed by atoms with Crippen LogP contribution in [0.3, 0.4) is 0 Å². The summed E-state index contributed by atoms with van der Waals surface area (Å²) in [4.78, 5) is 15.7. The third-order valence-electron chi connectivity index (χ3n) is 2.70. The molecule has 0 radical (unpaired) electrons. The molecule has 1 heterocycles. The van der Waals surface area contributed by atoms with Gasteiger partial charge in [-0.1, -0.05) is 15.9 Å². The topological polar surface area (TPSA) is 101 Å². The average molecular weight is 347 g/mol. The van der Waals surface area contributed by atoms with Crippen molar-refractivity contribution in [2.24, 2.45) is 0 Å². The van der Waals surface area contributed by atoms with Crippen molar-refractivity contribution >= 4 is 39.1 Å². The number of halogens is 1. The van der Waals surface area contributed by atoms with Gasteiger partial charge in [-0.05, 0) is 24.3 Å². The first-order chi connectivity index (χ1) is 10.0. The third-order valence-corrected chi connectivity index (χ3v) is 3.20. The summed E-state index contributed by atoms with van der Waals surface area (Å²) in [6, 6.07) is 8.77. The lowest BCUT2D eigenvalue weighted by molar-refractivity contribution is 0.0602. The van der Waals surface area contributed by atoms with Crippen LogP contribution in [0.2, 0.25) is 0 Å². The van der Waals surface area contributed by atoms with Gasteiger partial charge >= 0.3 is 5.97 Å². The SMILES string of the molecule is COC(=O)c1cc(Nc2ccc(Br)cc2C#N)ncc1N. The highest BCUT2D eigenvalue weighted by atomic mass is 79.9. The lowest BCUT2D eigenvalue weighted by atomic mass is 10.2. The highest BCUT2D eigenvalue weighted by Crippen LogP contribution is 2.24. The number of nitrogens with two attached hydrogens (primary N) is 1. The lowest BCUT2D eigenvalue weighted by Crippen LogP contribution is -2.07. The minimum Gasteiger partial charge on any atom is -0.465 e. The first-order valence-electron chi connectivity index (χ1n) is 5.85. The molecule has 0 aliphatic heterocycles. The summed E-state index contributed by atoms with van der Waals surface area (Å²) in [6.07, 6.45) is 1.36. The molecule has 0 saturated heterocycles. The van der Waals surface area contributed by atoms with E-state index in [1.165, 1.54) is 19.4 Å². The molecule has 7 heteroatoms. The summed E-state index contributed by atoms with van der Waals surface area (Å²) >= 11 is 3.30. The van der Waals surface area contributed by atoms with E-state index in [9.17, 15) is 4.79 Å². The van der Waals surface area contributed by atoms with Crippen molar-refractivity contribution in [2.75, 3.05) is 18.2 Å². The predicted octanol–water partition coefficient (Wildman–Crippen LogP) is 2.83. The van der Waals surface area contributed by atoms with Gasteiger partial charge in [-0.2, -0.15) is 5.26 Å². The number of hydrogen-bond donors (Lipinski definition) is 2. The van der Waals surface area contributed by atoms with Gasteiger partial charge in [0.1, 0.15) is 11.9 Å². The summed E-state index contributed by atoms with van der Waals surface area (Å²) in [5.41, 5.74) is 7.15. The molecule has 0 spiro atoms. The van der Waals surface area contributed by atoms with E-state index in [4.69, 9.17) is 11.0 Å². The van der Waals surface area contributed by atoms with Gasteiger partial charge in [-0.15, -0.1) is 0 Å². The van der Waals surface area contributed by atoms with Crippen molar-refractivity contribution in [1.82, 2.24) is 4.98 Å². The first-order valence-corrected chi connectivity index (χ1v) is 6.65. The van der Waals surface area contributed by atoms with Gasteiger partial charge in [-0.3, -0.25) is 0 Å². The Balaban J connectivity index is 2.37. The van der Waals surface area contributed by atoms with E-state index >= 15 is 0 Å². The quantitative estimate of drug-likeness (QED) is 0.828. The number of benzene rings is 1. The Morgan fingerprint density at radius 1 is 1.48 bits per heavy atom. The van der Waals surface area contributed by atoms with Crippen LogP contribution in [0.25, 0.3) is 0 Å². The number of nitrogens with one attached hydrogen (secondary N) is 1. The summed E-state index contributed by atoms with van der Waals surface area (Å²) in [6.45, 7) is 0. The maximum atomic E-state index is 11.6. The van der Waals surface area contributed by atoms with Crippen LogP contribution in [0.5, 0.6) is 0 Å². The number of methoxy groups -OCH3 is 1. The molecule has 2 rings (SSSR count). The number of hydrogen-bond acceptors (Lipinski definition) is 6. The van der Waals surface area contributed by atoms with Crippen molar-refractivity contribution in [3.63, 3.8) is 0 Å². The van der Waals surface area contributed by atoms with Crippen molar-refractivity contribution in [1.29, 1.82) is 5.26 Å². The first kappa shape index (κ1) is 14.8. The van der Waals surface area contributed by atoms with Crippen LogP contribution < -0.4 is 11.1 Å². The number of rotatable bonds is 3. The Morgan fingerprint density at radius 2 is 2.24 bits per heavy atom. The molecule has 21 heavy (non-hydrogen) atoms. The zero-order chi connectivity index (χ0) is 15.4. The zero-order valence-electron chi connectivity index (χ0n) is 11.1. The molecule has 0 bridgehead atoms. The second-order valence-corrected chi connectivity index (χ2v) is 4.99. The van der Waals surface area contributed by atoms with Gasteiger partial charge in [-0.25, -0.2) is 9.78 Å². The molecule has 0 saturated carbocycles. The van der Waals surface area contributed by atoms with Crippen LogP contribution in [-0.4, -0.2) is 18.1 Å². The number of aromatic nitrogens is 1. The van der Waals surface area contributed by atoms with Crippen molar-refractivity contribution < 1.29 is 9.53 Å². The van der Waals surface area contributed by atoms with Crippen LogP contribution >= 0.6 is 15.9 Å². The Morgan fingerprint density at radius 3 is 2.90 bits per heavy atom. The summed E-state index contributed by atoms with van der Waals surface area (Å²) < 4.78 is 5.45. The van der Waals surface area contributed by atoms with Crippen LogP contribution in [0.15, 0.2) is 34.9 Å². The van der Waals surface area contributed by atoms with Crippen molar-refractivity contribution in [3.8, 4) is 6.07 Å². The van der Waals surface area contributed by atoms with Gasteiger partial charge in [0.2, 0.25) is 0 Å². The molecule has 106 valence electrons. The monoisotopic (exact) mass is 346 g/mol. The number of carbonyl (C=O) groups excluding carboxylic acids is 1. The molecule has 0 amide bonds. The van der Waals surface area contributed by atoms with Crippen LogP contribution in [-0.2, 0) is 4.74 Å². The van der Waals surface area contributed by atoms with E-state index in [2.05, 4.69) is 37.0 Å². The van der Waals surface area contributed by atoms with Gasteiger partial charge in [0, 0.05) is 4.47 Å². The Bertz CT molecular complexity index is 740.